The Morgan fingerprint density at radius 3 is 2.17 bits per heavy atom. The van der Waals surface area contributed by atoms with E-state index in [1.807, 2.05) is 50.2 Å². The summed E-state index contributed by atoms with van der Waals surface area (Å²) in [6.45, 7) is 4.00. The largest absolute Gasteiger partial charge is 0.506 e. The summed E-state index contributed by atoms with van der Waals surface area (Å²) in [7, 11) is 0. The minimum Gasteiger partial charge on any atom is -0.506 e. The molecule has 0 spiro atoms. The Bertz CT molecular complexity index is 816. The highest BCUT2D eigenvalue weighted by molar-refractivity contribution is 7.80. The van der Waals surface area contributed by atoms with Crippen LogP contribution in [0.25, 0.3) is 10.8 Å². The van der Waals surface area contributed by atoms with Crippen LogP contribution in [0.3, 0.4) is 0 Å². The number of thiol groups is 1. The van der Waals surface area contributed by atoms with E-state index in [9.17, 15) is 9.90 Å². The first-order valence-electron chi connectivity index (χ1n) is 7.47. The van der Waals surface area contributed by atoms with Crippen molar-refractivity contribution in [2.75, 3.05) is 5.32 Å². The van der Waals surface area contributed by atoms with Gasteiger partial charge in [-0.05, 0) is 23.6 Å². The van der Waals surface area contributed by atoms with Crippen molar-refractivity contribution in [3.8, 4) is 5.75 Å². The molecule has 0 saturated carbocycles. The number of phenols is 1. The number of aromatic hydroxyl groups is 1. The molecule has 1 amide bonds. The number of carbonyl (C=O) groups excluding carboxylic acids is 1. The molecule has 3 aromatic carbocycles. The third-order valence-corrected chi connectivity index (χ3v) is 3.64. The third kappa shape index (κ3) is 3.66. The van der Waals surface area contributed by atoms with Crippen LogP contribution in [0.2, 0.25) is 0 Å². The molecule has 3 nitrogen and oxygen atoms in total. The lowest BCUT2D eigenvalue weighted by molar-refractivity contribution is 0.102. The Kier molecular flexibility index (Phi) is 5.66. The first-order valence-corrected chi connectivity index (χ1v) is 7.91. The van der Waals surface area contributed by atoms with Gasteiger partial charge in [0.15, 0.2) is 0 Å². The van der Waals surface area contributed by atoms with Gasteiger partial charge in [0.05, 0.1) is 5.56 Å². The molecule has 4 heteroatoms. The summed E-state index contributed by atoms with van der Waals surface area (Å²) in [6, 6.07) is 18.0. The van der Waals surface area contributed by atoms with Crippen LogP contribution in [0.1, 0.15) is 24.2 Å². The zero-order valence-corrected chi connectivity index (χ0v) is 14.0. The van der Waals surface area contributed by atoms with Crippen molar-refractivity contribution in [1.82, 2.24) is 0 Å². The molecule has 0 aliphatic rings. The maximum atomic E-state index is 12.3. The highest BCUT2D eigenvalue weighted by Gasteiger charge is 2.16. The molecule has 0 aliphatic carbocycles. The second-order valence-electron chi connectivity index (χ2n) is 4.66. The molecular weight excluding hydrogens is 306 g/mol. The van der Waals surface area contributed by atoms with E-state index in [0.717, 1.165) is 5.39 Å². The van der Waals surface area contributed by atoms with Gasteiger partial charge in [0.1, 0.15) is 5.75 Å². The van der Waals surface area contributed by atoms with Gasteiger partial charge in [-0.25, -0.2) is 0 Å². The molecule has 0 radical (unpaired) electrons. The van der Waals surface area contributed by atoms with Crippen LogP contribution in [0.15, 0.2) is 65.6 Å². The molecule has 0 unspecified atom stereocenters. The Hall–Kier alpha value is -2.46. The first-order chi connectivity index (χ1) is 11.2. The number of carbonyl (C=O) groups is 1. The summed E-state index contributed by atoms with van der Waals surface area (Å²) in [5.41, 5.74) is 0.887. The average molecular weight is 325 g/mol. The van der Waals surface area contributed by atoms with Crippen molar-refractivity contribution in [2.45, 2.75) is 18.7 Å². The quantitative estimate of drug-likeness (QED) is 0.573. The summed E-state index contributed by atoms with van der Waals surface area (Å²) < 4.78 is 0. The molecule has 0 atom stereocenters. The predicted molar refractivity (Wildman–Crippen MR) is 98.6 cm³/mol. The van der Waals surface area contributed by atoms with Crippen molar-refractivity contribution in [1.29, 1.82) is 0 Å². The Labute approximate surface area is 141 Å². The number of rotatable bonds is 2. The Morgan fingerprint density at radius 1 is 0.957 bits per heavy atom. The molecule has 3 rings (SSSR count). The van der Waals surface area contributed by atoms with E-state index in [0.29, 0.717) is 16.0 Å². The average Bonchev–Trinajstić information content (AvgIpc) is 2.61. The van der Waals surface area contributed by atoms with Crippen LogP contribution in [0, 0.1) is 0 Å². The highest BCUT2D eigenvalue weighted by atomic mass is 32.1. The summed E-state index contributed by atoms with van der Waals surface area (Å²) in [6.07, 6.45) is 0. The van der Waals surface area contributed by atoms with Crippen LogP contribution in [-0.2, 0) is 0 Å². The third-order valence-electron chi connectivity index (χ3n) is 3.27. The molecule has 23 heavy (non-hydrogen) atoms. The van der Waals surface area contributed by atoms with Crippen LogP contribution >= 0.6 is 12.6 Å². The molecule has 0 bridgehead atoms. The fraction of sp³-hybridized carbons (Fsp3) is 0.105. The van der Waals surface area contributed by atoms with Gasteiger partial charge in [0.2, 0.25) is 0 Å². The summed E-state index contributed by atoms with van der Waals surface area (Å²) >= 11 is 4.40. The van der Waals surface area contributed by atoms with Crippen LogP contribution in [0.4, 0.5) is 5.69 Å². The zero-order chi connectivity index (χ0) is 16.8. The molecule has 0 aromatic heterocycles. The first kappa shape index (κ1) is 16.9. The van der Waals surface area contributed by atoms with E-state index < -0.39 is 0 Å². The number of amides is 1. The lowest BCUT2D eigenvalue weighted by Crippen LogP contribution is -2.12. The minimum absolute atomic E-state index is 0.0307. The van der Waals surface area contributed by atoms with E-state index in [-0.39, 0.29) is 17.2 Å². The van der Waals surface area contributed by atoms with E-state index in [1.165, 1.54) is 0 Å². The second kappa shape index (κ2) is 7.70. The Balaban J connectivity index is 0.000000924. The monoisotopic (exact) mass is 325 g/mol. The zero-order valence-electron chi connectivity index (χ0n) is 13.1. The van der Waals surface area contributed by atoms with E-state index >= 15 is 0 Å². The lowest BCUT2D eigenvalue weighted by Gasteiger charge is -2.11. The number of hydrogen-bond acceptors (Lipinski definition) is 3. The van der Waals surface area contributed by atoms with E-state index in [4.69, 9.17) is 0 Å². The van der Waals surface area contributed by atoms with Crippen molar-refractivity contribution in [2.24, 2.45) is 0 Å². The maximum Gasteiger partial charge on any atom is 0.259 e. The number of phenolic OH excluding ortho intramolecular Hbond substituents is 1. The summed E-state index contributed by atoms with van der Waals surface area (Å²) in [5.74, 6) is -0.392. The van der Waals surface area contributed by atoms with Gasteiger partial charge in [0, 0.05) is 16.0 Å². The van der Waals surface area contributed by atoms with Crippen molar-refractivity contribution in [3.63, 3.8) is 0 Å². The summed E-state index contributed by atoms with van der Waals surface area (Å²) in [4.78, 5) is 13.0. The van der Waals surface area contributed by atoms with Gasteiger partial charge in [-0.2, -0.15) is 0 Å². The topological polar surface area (TPSA) is 49.3 Å². The number of benzene rings is 3. The SMILES string of the molecule is CC.O=C(Nc1ccccc1)c1cc(S)c2ccccc2c1O. The lowest BCUT2D eigenvalue weighted by atomic mass is 10.0. The van der Waals surface area contributed by atoms with Gasteiger partial charge in [-0.3, -0.25) is 4.79 Å². The fourth-order valence-corrected chi connectivity index (χ4v) is 2.56. The molecule has 0 fully saturated rings. The van der Waals surface area contributed by atoms with E-state index in [1.54, 1.807) is 24.3 Å². The molecule has 3 aromatic rings. The number of hydrogen-bond donors (Lipinski definition) is 3. The molecule has 0 saturated heterocycles. The molecule has 0 aliphatic heterocycles. The second-order valence-corrected chi connectivity index (χ2v) is 5.14. The van der Waals surface area contributed by atoms with Crippen molar-refractivity contribution >= 4 is 35.0 Å². The molecular formula is C19H19NO2S. The smallest absolute Gasteiger partial charge is 0.259 e. The van der Waals surface area contributed by atoms with Gasteiger partial charge < -0.3 is 10.4 Å². The molecule has 2 N–H and O–H groups in total. The maximum absolute atomic E-state index is 12.3. The van der Waals surface area contributed by atoms with Gasteiger partial charge in [0.25, 0.3) is 5.91 Å². The fourth-order valence-electron chi connectivity index (χ4n) is 2.23. The van der Waals surface area contributed by atoms with Crippen molar-refractivity contribution in [3.05, 3.63) is 66.2 Å². The number of para-hydroxylation sites is 1. The minimum atomic E-state index is -0.361. The van der Waals surface area contributed by atoms with Gasteiger partial charge in [-0.15, -0.1) is 12.6 Å². The number of nitrogens with one attached hydrogen (secondary N) is 1. The standard InChI is InChI=1S/C17H13NO2S.C2H6/c19-16-13-9-5-4-8-12(13)15(21)10-14(16)17(20)18-11-6-2-1-3-7-11;1-2/h1-10,19,21H,(H,18,20);1-2H3. The highest BCUT2D eigenvalue weighted by Crippen LogP contribution is 2.33. The molecule has 118 valence electrons. The number of anilines is 1. The Morgan fingerprint density at radius 2 is 1.52 bits per heavy atom. The van der Waals surface area contributed by atoms with Crippen molar-refractivity contribution < 1.29 is 9.90 Å². The van der Waals surface area contributed by atoms with Gasteiger partial charge in [-0.1, -0.05) is 56.3 Å². The van der Waals surface area contributed by atoms with Crippen LogP contribution in [-0.4, -0.2) is 11.0 Å². The normalized spacial score (nSPS) is 9.87. The van der Waals surface area contributed by atoms with Crippen LogP contribution in [0.5, 0.6) is 5.75 Å². The predicted octanol–water partition coefficient (Wildman–Crippen LogP) is 5.11. The van der Waals surface area contributed by atoms with Gasteiger partial charge >= 0.3 is 0 Å². The van der Waals surface area contributed by atoms with Crippen LogP contribution < -0.4 is 5.32 Å². The number of fused-ring (bicyclic) bond motifs is 1. The summed E-state index contributed by atoms with van der Waals surface area (Å²) in [5, 5.41) is 14.5. The molecule has 0 heterocycles. The van der Waals surface area contributed by atoms with E-state index in [2.05, 4.69) is 17.9 Å².